The highest BCUT2D eigenvalue weighted by molar-refractivity contribution is 6.01. The van der Waals surface area contributed by atoms with Gasteiger partial charge in [0, 0.05) is 36.3 Å². The van der Waals surface area contributed by atoms with Crippen LogP contribution in [0.15, 0.2) is 42.6 Å². The van der Waals surface area contributed by atoms with E-state index in [1.54, 1.807) is 6.20 Å². The second kappa shape index (κ2) is 8.55. The number of likely N-dealkylation sites (tertiary alicyclic amines) is 1. The molecule has 4 rings (SSSR count). The molecule has 3 heterocycles. The number of aromatic amines is 1. The number of benzene rings is 1. The van der Waals surface area contributed by atoms with E-state index in [-0.39, 0.29) is 5.91 Å². The Balaban J connectivity index is 1.38. The van der Waals surface area contributed by atoms with Gasteiger partial charge in [0.25, 0.3) is 5.91 Å². The van der Waals surface area contributed by atoms with E-state index in [2.05, 4.69) is 9.97 Å². The van der Waals surface area contributed by atoms with Crippen molar-refractivity contribution in [1.82, 2.24) is 14.9 Å². The molecule has 3 aromatic rings. The van der Waals surface area contributed by atoms with Gasteiger partial charge in [-0.15, -0.1) is 0 Å². The second-order valence-corrected chi connectivity index (χ2v) is 7.48. The highest BCUT2D eigenvalue weighted by Gasteiger charge is 2.26. The number of nitrogens with zero attached hydrogens (tertiary/aromatic N) is 2. The molecule has 1 fully saturated rings. The number of aryl methyl sites for hydroxylation is 1. The molecule has 0 unspecified atom stereocenters. The van der Waals surface area contributed by atoms with Gasteiger partial charge < -0.3 is 19.4 Å². The van der Waals surface area contributed by atoms with Crippen molar-refractivity contribution >= 4 is 16.8 Å². The van der Waals surface area contributed by atoms with Crippen molar-refractivity contribution in [3.63, 3.8) is 0 Å². The summed E-state index contributed by atoms with van der Waals surface area (Å²) < 4.78 is 11.4. The molecular formula is C23H27N3O3. The van der Waals surface area contributed by atoms with E-state index >= 15 is 0 Å². The molecule has 2 aromatic heterocycles. The fourth-order valence-corrected chi connectivity index (χ4v) is 3.87. The zero-order valence-corrected chi connectivity index (χ0v) is 17.0. The predicted octanol–water partition coefficient (Wildman–Crippen LogP) is 4.20. The predicted molar refractivity (Wildman–Crippen MR) is 113 cm³/mol. The number of piperidine rings is 1. The number of pyridine rings is 1. The first-order chi connectivity index (χ1) is 14.2. The molecule has 0 saturated carbocycles. The molecule has 152 valence electrons. The standard InChI is InChI=1S/C23H27N3O3/c1-3-28-18-7-8-20-19(14-18)16(2)22(25-20)23(27)26-12-9-17(10-13-26)15-29-21-6-4-5-11-24-21/h4-8,11,14,17,25H,3,9-10,12-13,15H2,1-2H3. The number of hydrogen-bond donors (Lipinski definition) is 1. The van der Waals surface area contributed by atoms with Crippen LogP contribution in [0.25, 0.3) is 10.9 Å². The van der Waals surface area contributed by atoms with Crippen LogP contribution in [0.4, 0.5) is 0 Å². The van der Waals surface area contributed by atoms with Gasteiger partial charge in [0.1, 0.15) is 11.4 Å². The van der Waals surface area contributed by atoms with Crippen molar-refractivity contribution in [2.75, 3.05) is 26.3 Å². The lowest BCUT2D eigenvalue weighted by molar-refractivity contribution is 0.0654. The Hall–Kier alpha value is -3.02. The lowest BCUT2D eigenvalue weighted by atomic mass is 9.97. The van der Waals surface area contributed by atoms with E-state index in [0.717, 1.165) is 48.1 Å². The van der Waals surface area contributed by atoms with E-state index in [1.165, 1.54) is 0 Å². The minimum atomic E-state index is 0.0701. The zero-order valence-electron chi connectivity index (χ0n) is 17.0. The molecule has 6 heteroatoms. The number of nitrogens with one attached hydrogen (secondary N) is 1. The van der Waals surface area contributed by atoms with E-state index in [9.17, 15) is 4.79 Å². The zero-order chi connectivity index (χ0) is 20.2. The van der Waals surface area contributed by atoms with Gasteiger partial charge in [-0.2, -0.15) is 0 Å². The molecule has 0 bridgehead atoms. The molecule has 0 aliphatic carbocycles. The van der Waals surface area contributed by atoms with Crippen molar-refractivity contribution in [2.24, 2.45) is 5.92 Å². The Morgan fingerprint density at radius 2 is 2.03 bits per heavy atom. The Morgan fingerprint density at radius 3 is 2.76 bits per heavy atom. The summed E-state index contributed by atoms with van der Waals surface area (Å²) in [6.45, 7) is 6.72. The molecule has 29 heavy (non-hydrogen) atoms. The van der Waals surface area contributed by atoms with Crippen LogP contribution in [-0.4, -0.2) is 47.1 Å². The SMILES string of the molecule is CCOc1ccc2[nH]c(C(=O)N3CCC(COc4ccccn4)CC3)c(C)c2c1. The van der Waals surface area contributed by atoms with Crippen LogP contribution < -0.4 is 9.47 Å². The van der Waals surface area contributed by atoms with Crippen LogP contribution in [0, 0.1) is 12.8 Å². The maximum atomic E-state index is 13.1. The van der Waals surface area contributed by atoms with Crippen LogP contribution in [0.5, 0.6) is 11.6 Å². The molecular weight excluding hydrogens is 366 g/mol. The summed E-state index contributed by atoms with van der Waals surface area (Å²) in [5.74, 6) is 2.00. The fourth-order valence-electron chi connectivity index (χ4n) is 3.87. The summed E-state index contributed by atoms with van der Waals surface area (Å²) >= 11 is 0. The van der Waals surface area contributed by atoms with Gasteiger partial charge in [0.2, 0.25) is 5.88 Å². The molecule has 0 atom stereocenters. The van der Waals surface area contributed by atoms with Gasteiger partial charge in [0.05, 0.1) is 13.2 Å². The number of rotatable bonds is 6. The molecule has 0 spiro atoms. The van der Waals surface area contributed by atoms with Gasteiger partial charge in [0.15, 0.2) is 0 Å². The number of ether oxygens (including phenoxy) is 2. The molecule has 1 aliphatic heterocycles. The topological polar surface area (TPSA) is 67.5 Å². The maximum Gasteiger partial charge on any atom is 0.270 e. The smallest absolute Gasteiger partial charge is 0.270 e. The first-order valence-corrected chi connectivity index (χ1v) is 10.2. The van der Waals surface area contributed by atoms with Crippen LogP contribution in [0.1, 0.15) is 35.8 Å². The highest BCUT2D eigenvalue weighted by Crippen LogP contribution is 2.28. The number of carbonyl (C=O) groups is 1. The lowest BCUT2D eigenvalue weighted by Gasteiger charge is -2.31. The van der Waals surface area contributed by atoms with E-state index in [1.807, 2.05) is 55.1 Å². The molecule has 1 aliphatic rings. The van der Waals surface area contributed by atoms with Gasteiger partial charge >= 0.3 is 0 Å². The third kappa shape index (κ3) is 4.21. The van der Waals surface area contributed by atoms with Crippen molar-refractivity contribution in [3.8, 4) is 11.6 Å². The minimum absolute atomic E-state index is 0.0701. The number of amides is 1. The second-order valence-electron chi connectivity index (χ2n) is 7.48. The average Bonchev–Trinajstić information content (AvgIpc) is 3.09. The normalized spacial score (nSPS) is 14.9. The van der Waals surface area contributed by atoms with Crippen molar-refractivity contribution in [2.45, 2.75) is 26.7 Å². The van der Waals surface area contributed by atoms with Gasteiger partial charge in [-0.05, 0) is 62.4 Å². The first-order valence-electron chi connectivity index (χ1n) is 10.2. The van der Waals surface area contributed by atoms with E-state index < -0.39 is 0 Å². The van der Waals surface area contributed by atoms with Gasteiger partial charge in [-0.25, -0.2) is 4.98 Å². The number of aromatic nitrogens is 2. The summed E-state index contributed by atoms with van der Waals surface area (Å²) in [7, 11) is 0. The largest absolute Gasteiger partial charge is 0.494 e. The monoisotopic (exact) mass is 393 g/mol. The average molecular weight is 393 g/mol. The third-order valence-corrected chi connectivity index (χ3v) is 5.56. The summed E-state index contributed by atoms with van der Waals surface area (Å²) in [6, 6.07) is 11.6. The van der Waals surface area contributed by atoms with Crippen LogP contribution >= 0.6 is 0 Å². The Kier molecular flexibility index (Phi) is 5.69. The van der Waals surface area contributed by atoms with E-state index in [4.69, 9.17) is 9.47 Å². The number of hydrogen-bond acceptors (Lipinski definition) is 4. The minimum Gasteiger partial charge on any atom is -0.494 e. The van der Waals surface area contributed by atoms with Crippen molar-refractivity contribution in [1.29, 1.82) is 0 Å². The van der Waals surface area contributed by atoms with E-state index in [0.29, 0.717) is 30.7 Å². The first kappa shape index (κ1) is 19.3. The number of carbonyl (C=O) groups excluding carboxylic acids is 1. The van der Waals surface area contributed by atoms with Crippen LogP contribution in [-0.2, 0) is 0 Å². The number of H-pyrrole nitrogens is 1. The Morgan fingerprint density at radius 1 is 1.21 bits per heavy atom. The van der Waals surface area contributed by atoms with Crippen LogP contribution in [0.3, 0.4) is 0 Å². The molecule has 6 nitrogen and oxygen atoms in total. The summed E-state index contributed by atoms with van der Waals surface area (Å²) in [5.41, 5.74) is 2.62. The van der Waals surface area contributed by atoms with Crippen LogP contribution in [0.2, 0.25) is 0 Å². The van der Waals surface area contributed by atoms with Gasteiger partial charge in [-0.3, -0.25) is 4.79 Å². The summed E-state index contributed by atoms with van der Waals surface area (Å²) in [6.07, 6.45) is 3.61. The Bertz CT molecular complexity index is 976. The highest BCUT2D eigenvalue weighted by atomic mass is 16.5. The summed E-state index contributed by atoms with van der Waals surface area (Å²) in [5, 5.41) is 1.04. The summed E-state index contributed by atoms with van der Waals surface area (Å²) in [4.78, 5) is 22.6. The quantitative estimate of drug-likeness (QED) is 0.681. The third-order valence-electron chi connectivity index (χ3n) is 5.56. The molecule has 1 saturated heterocycles. The molecule has 1 aromatic carbocycles. The van der Waals surface area contributed by atoms with Gasteiger partial charge in [-0.1, -0.05) is 6.07 Å². The Labute approximate surface area is 170 Å². The molecule has 1 N–H and O–H groups in total. The maximum absolute atomic E-state index is 13.1. The molecule has 0 radical (unpaired) electrons. The lowest BCUT2D eigenvalue weighted by Crippen LogP contribution is -2.40. The number of fused-ring (bicyclic) bond motifs is 1. The van der Waals surface area contributed by atoms with Crippen molar-refractivity contribution < 1.29 is 14.3 Å². The molecule has 1 amide bonds. The fraction of sp³-hybridized carbons (Fsp3) is 0.391. The van der Waals surface area contributed by atoms with Crippen molar-refractivity contribution in [3.05, 3.63) is 53.9 Å².